The van der Waals surface area contributed by atoms with Gasteiger partial charge in [-0.3, -0.25) is 4.68 Å². The first kappa shape index (κ1) is 11.2. The van der Waals surface area contributed by atoms with Crippen LogP contribution in [-0.2, 0) is 13.0 Å². The zero-order valence-electron chi connectivity index (χ0n) is 8.94. The molecule has 0 saturated carbocycles. The van der Waals surface area contributed by atoms with E-state index in [4.69, 9.17) is 0 Å². The van der Waals surface area contributed by atoms with E-state index >= 15 is 0 Å². The van der Waals surface area contributed by atoms with Gasteiger partial charge in [0.25, 0.3) is 0 Å². The molecule has 0 aliphatic carbocycles. The van der Waals surface area contributed by atoms with Crippen molar-refractivity contribution in [3.63, 3.8) is 0 Å². The summed E-state index contributed by atoms with van der Waals surface area (Å²) in [5, 5.41) is 23.3. The van der Waals surface area contributed by atoms with Crippen molar-refractivity contribution in [3.05, 3.63) is 18.0 Å². The predicted octanol–water partition coefficient (Wildman–Crippen LogP) is 0.577. The summed E-state index contributed by atoms with van der Waals surface area (Å²) < 4.78 is 1.80. The minimum Gasteiger partial charge on any atom is -0.390 e. The summed E-state index contributed by atoms with van der Waals surface area (Å²) in [5.74, 6) is 0. The second-order valence-electron chi connectivity index (χ2n) is 4.08. The molecule has 4 nitrogen and oxygen atoms in total. The van der Waals surface area contributed by atoms with E-state index in [0.717, 1.165) is 12.1 Å². The number of hydrogen-bond acceptors (Lipinski definition) is 3. The van der Waals surface area contributed by atoms with E-state index in [-0.39, 0.29) is 0 Å². The van der Waals surface area contributed by atoms with Crippen LogP contribution in [-0.4, -0.2) is 31.7 Å². The molecule has 14 heavy (non-hydrogen) atoms. The van der Waals surface area contributed by atoms with E-state index in [1.165, 1.54) is 0 Å². The molecule has 0 aliphatic heterocycles. The third-order valence-electron chi connectivity index (χ3n) is 2.26. The van der Waals surface area contributed by atoms with Crippen LogP contribution in [0.3, 0.4) is 0 Å². The summed E-state index contributed by atoms with van der Waals surface area (Å²) in [6.45, 7) is 6.02. The number of aryl methyl sites for hydroxylation is 1. The summed E-state index contributed by atoms with van der Waals surface area (Å²) in [4.78, 5) is 0. The van der Waals surface area contributed by atoms with Gasteiger partial charge in [-0.15, -0.1) is 0 Å². The first-order valence-electron chi connectivity index (χ1n) is 4.85. The maximum atomic E-state index is 9.63. The van der Waals surface area contributed by atoms with Crippen molar-refractivity contribution < 1.29 is 10.2 Å². The molecule has 0 fully saturated rings. The van der Waals surface area contributed by atoms with Crippen LogP contribution >= 0.6 is 0 Å². The highest BCUT2D eigenvalue weighted by atomic mass is 16.3. The standard InChI is InChI=1S/C10H18N2O2/c1-4-12-7-8(6-11-12)5-9(13)10(2,3)14/h6-7,9,13-14H,4-5H2,1-3H3. The molecule has 2 N–H and O–H groups in total. The molecule has 0 bridgehead atoms. The van der Waals surface area contributed by atoms with E-state index in [1.807, 2.05) is 13.1 Å². The van der Waals surface area contributed by atoms with Gasteiger partial charge in [-0.05, 0) is 26.3 Å². The van der Waals surface area contributed by atoms with Crippen LogP contribution in [0.2, 0.25) is 0 Å². The first-order valence-corrected chi connectivity index (χ1v) is 4.85. The zero-order valence-corrected chi connectivity index (χ0v) is 8.94. The Morgan fingerprint density at radius 3 is 2.64 bits per heavy atom. The minimum absolute atomic E-state index is 0.434. The van der Waals surface area contributed by atoms with Crippen LogP contribution in [0.4, 0.5) is 0 Å². The van der Waals surface area contributed by atoms with Crippen molar-refractivity contribution in [2.24, 2.45) is 0 Å². The molecule has 1 aromatic heterocycles. The topological polar surface area (TPSA) is 58.3 Å². The second-order valence-corrected chi connectivity index (χ2v) is 4.08. The van der Waals surface area contributed by atoms with Gasteiger partial charge in [0.05, 0.1) is 17.9 Å². The number of aliphatic hydroxyl groups is 2. The second kappa shape index (κ2) is 4.11. The molecular formula is C10H18N2O2. The minimum atomic E-state index is -1.06. The smallest absolute Gasteiger partial charge is 0.0863 e. The number of rotatable bonds is 4. The maximum absolute atomic E-state index is 9.63. The molecule has 0 radical (unpaired) electrons. The van der Waals surface area contributed by atoms with Crippen LogP contribution < -0.4 is 0 Å². The maximum Gasteiger partial charge on any atom is 0.0863 e. The van der Waals surface area contributed by atoms with Crippen LogP contribution in [0.5, 0.6) is 0 Å². The Kier molecular flexibility index (Phi) is 3.29. The summed E-state index contributed by atoms with van der Waals surface area (Å²) in [6, 6.07) is 0. The van der Waals surface area contributed by atoms with Crippen molar-refractivity contribution in [1.82, 2.24) is 9.78 Å². The van der Waals surface area contributed by atoms with E-state index in [2.05, 4.69) is 5.10 Å². The highest BCUT2D eigenvalue weighted by Crippen LogP contribution is 2.13. The number of aliphatic hydroxyl groups excluding tert-OH is 1. The largest absolute Gasteiger partial charge is 0.390 e. The van der Waals surface area contributed by atoms with Crippen molar-refractivity contribution in [2.45, 2.75) is 45.4 Å². The van der Waals surface area contributed by atoms with E-state index in [0.29, 0.717) is 6.42 Å². The fraction of sp³-hybridized carbons (Fsp3) is 0.700. The molecule has 0 saturated heterocycles. The predicted molar refractivity (Wildman–Crippen MR) is 53.9 cm³/mol. The number of nitrogens with zero attached hydrogens (tertiary/aromatic N) is 2. The van der Waals surface area contributed by atoms with Crippen molar-refractivity contribution in [3.8, 4) is 0 Å². The van der Waals surface area contributed by atoms with Gasteiger partial charge in [0.2, 0.25) is 0 Å². The average molecular weight is 198 g/mol. The Labute approximate surface area is 84.2 Å². The molecular weight excluding hydrogens is 180 g/mol. The van der Waals surface area contributed by atoms with Crippen molar-refractivity contribution >= 4 is 0 Å². The van der Waals surface area contributed by atoms with Gasteiger partial charge in [-0.2, -0.15) is 5.10 Å². The molecule has 0 aromatic carbocycles. The average Bonchev–Trinajstić information content (AvgIpc) is 2.50. The lowest BCUT2D eigenvalue weighted by molar-refractivity contribution is -0.0469. The molecule has 0 aliphatic rings. The first-order chi connectivity index (χ1) is 6.43. The molecule has 80 valence electrons. The van der Waals surface area contributed by atoms with Gasteiger partial charge < -0.3 is 10.2 Å². The van der Waals surface area contributed by atoms with E-state index < -0.39 is 11.7 Å². The third-order valence-corrected chi connectivity index (χ3v) is 2.26. The molecule has 1 atom stereocenters. The van der Waals surface area contributed by atoms with Crippen LogP contribution in [0.25, 0.3) is 0 Å². The Bertz CT molecular complexity index is 289. The van der Waals surface area contributed by atoms with Gasteiger partial charge >= 0.3 is 0 Å². The van der Waals surface area contributed by atoms with E-state index in [1.54, 1.807) is 24.7 Å². The summed E-state index contributed by atoms with van der Waals surface area (Å²) in [7, 11) is 0. The van der Waals surface area contributed by atoms with Crippen LogP contribution in [0, 0.1) is 0 Å². The Hall–Kier alpha value is -0.870. The Morgan fingerprint density at radius 2 is 2.21 bits per heavy atom. The van der Waals surface area contributed by atoms with E-state index in [9.17, 15) is 10.2 Å². The molecule has 4 heteroatoms. The number of aromatic nitrogens is 2. The van der Waals surface area contributed by atoms with Crippen LogP contribution in [0.1, 0.15) is 26.3 Å². The molecule has 1 heterocycles. The van der Waals surface area contributed by atoms with Gasteiger partial charge in [0, 0.05) is 19.2 Å². The lowest BCUT2D eigenvalue weighted by Gasteiger charge is -2.23. The van der Waals surface area contributed by atoms with Crippen LogP contribution in [0.15, 0.2) is 12.4 Å². The highest BCUT2D eigenvalue weighted by molar-refractivity contribution is 5.06. The number of hydrogen-bond donors (Lipinski definition) is 2. The van der Waals surface area contributed by atoms with Crippen molar-refractivity contribution in [2.75, 3.05) is 0 Å². The highest BCUT2D eigenvalue weighted by Gasteiger charge is 2.24. The fourth-order valence-electron chi connectivity index (χ4n) is 1.16. The molecule has 0 spiro atoms. The molecule has 1 rings (SSSR count). The molecule has 1 aromatic rings. The quantitative estimate of drug-likeness (QED) is 0.744. The fourth-order valence-corrected chi connectivity index (χ4v) is 1.16. The summed E-state index contributed by atoms with van der Waals surface area (Å²) in [5.41, 5.74) is -0.115. The normalized spacial score (nSPS) is 14.4. The third kappa shape index (κ3) is 2.82. The van der Waals surface area contributed by atoms with Gasteiger partial charge in [0.15, 0.2) is 0 Å². The lowest BCUT2D eigenvalue weighted by Crippen LogP contribution is -2.37. The monoisotopic (exact) mass is 198 g/mol. The summed E-state index contributed by atoms with van der Waals surface area (Å²) in [6.07, 6.45) is 3.29. The Morgan fingerprint density at radius 1 is 1.57 bits per heavy atom. The SMILES string of the molecule is CCn1cc(CC(O)C(C)(C)O)cn1. The molecule has 1 unspecified atom stereocenters. The zero-order chi connectivity index (χ0) is 10.8. The summed E-state index contributed by atoms with van der Waals surface area (Å²) >= 11 is 0. The van der Waals surface area contributed by atoms with Gasteiger partial charge in [0.1, 0.15) is 0 Å². The van der Waals surface area contributed by atoms with Gasteiger partial charge in [-0.25, -0.2) is 0 Å². The molecule has 0 amide bonds. The van der Waals surface area contributed by atoms with Crippen molar-refractivity contribution in [1.29, 1.82) is 0 Å². The van der Waals surface area contributed by atoms with Gasteiger partial charge in [-0.1, -0.05) is 0 Å². The lowest BCUT2D eigenvalue weighted by atomic mass is 9.97. The Balaban J connectivity index is 2.60.